The number of aliphatic hydroxyl groups excluding tert-OH is 3. The Morgan fingerprint density at radius 2 is 1.68 bits per heavy atom. The number of phenols is 1. The van der Waals surface area contributed by atoms with Gasteiger partial charge in [-0.1, -0.05) is 51.1 Å². The van der Waals surface area contributed by atoms with Crippen LogP contribution in [0, 0.1) is 11.8 Å². The van der Waals surface area contributed by atoms with E-state index in [9.17, 15) is 39.9 Å². The van der Waals surface area contributed by atoms with Gasteiger partial charge in [-0.25, -0.2) is 0 Å². The highest BCUT2D eigenvalue weighted by atomic mass is 16.4. The van der Waals surface area contributed by atoms with Crippen LogP contribution in [-0.2, 0) is 14.4 Å². The zero-order valence-electron chi connectivity index (χ0n) is 21.1. The molecule has 0 unspecified atom stereocenters. The molecule has 3 aliphatic rings. The molecule has 2 aromatic rings. The van der Waals surface area contributed by atoms with Gasteiger partial charge in [0.05, 0.1) is 11.7 Å². The molecule has 2 aromatic carbocycles. The Bertz CT molecular complexity index is 1470. The SMILES string of the molecule is CC(C)c1ccc(-c2ccc(O)c3c2[C@H](C)[C@@H]2C(=C3O)C(=O)[C@]3(O)C(O)=C(C(N)=O)C(=O)C[C@@H]3[C@H]2O)cc1. The summed E-state index contributed by atoms with van der Waals surface area (Å²) in [6.07, 6.45) is -2.18. The number of rotatable bonds is 3. The Hall–Kier alpha value is -3.95. The first kappa shape index (κ1) is 25.7. The quantitative estimate of drug-likeness (QED) is 0.335. The minimum atomic E-state index is -2.85. The second-order valence-corrected chi connectivity index (χ2v) is 10.7. The number of Topliss-reactive ketones (excluding diaryl/α,β-unsaturated/α-hetero) is 2. The number of nitrogens with two attached hydrogens (primary N) is 1. The summed E-state index contributed by atoms with van der Waals surface area (Å²) in [7, 11) is 0. The maximum atomic E-state index is 13.8. The van der Waals surface area contributed by atoms with Gasteiger partial charge in [-0.2, -0.15) is 0 Å². The van der Waals surface area contributed by atoms with Crippen molar-refractivity contribution in [2.75, 3.05) is 0 Å². The second-order valence-electron chi connectivity index (χ2n) is 10.7. The van der Waals surface area contributed by atoms with E-state index < -0.39 is 76.0 Å². The van der Waals surface area contributed by atoms with E-state index in [1.54, 1.807) is 13.0 Å². The van der Waals surface area contributed by atoms with E-state index in [0.717, 1.165) is 11.1 Å². The topological polar surface area (TPSA) is 178 Å². The zero-order valence-corrected chi connectivity index (χ0v) is 21.1. The minimum Gasteiger partial charge on any atom is -0.508 e. The monoisotopic (exact) mass is 519 g/mol. The molecule has 5 rings (SSSR count). The third-order valence-electron chi connectivity index (χ3n) is 8.37. The molecule has 3 aliphatic carbocycles. The molecule has 0 aliphatic heterocycles. The molecular weight excluding hydrogens is 490 g/mol. The molecule has 0 bridgehead atoms. The molecule has 38 heavy (non-hydrogen) atoms. The fourth-order valence-electron chi connectivity index (χ4n) is 6.38. The van der Waals surface area contributed by atoms with Crippen molar-refractivity contribution in [2.24, 2.45) is 17.6 Å². The van der Waals surface area contributed by atoms with Gasteiger partial charge in [-0.3, -0.25) is 14.4 Å². The standard InChI is InChI=1S/C29H29NO8/c1-11(2)13-4-6-14(7-5-13)15-8-9-17(31)21-19(15)12(3)20-23(25(21)34)27(36)29(38)16(24(20)33)10-18(32)22(26(29)35)28(30)37/h4-9,11-12,16,20,24,31,33-35,38H,10H2,1-3H3,(H2,30,37)/t12-,16+,20+,24+,29+/m0/s1. The largest absolute Gasteiger partial charge is 0.508 e. The molecule has 5 atom stereocenters. The van der Waals surface area contributed by atoms with E-state index >= 15 is 0 Å². The van der Waals surface area contributed by atoms with Crippen LogP contribution in [-0.4, -0.2) is 54.7 Å². The summed E-state index contributed by atoms with van der Waals surface area (Å²) in [6, 6.07) is 10.9. The van der Waals surface area contributed by atoms with Gasteiger partial charge in [-0.15, -0.1) is 0 Å². The highest BCUT2D eigenvalue weighted by Crippen LogP contribution is 2.57. The van der Waals surface area contributed by atoms with Gasteiger partial charge < -0.3 is 31.3 Å². The molecule has 1 fully saturated rings. The molecule has 0 spiro atoms. The number of phenolic OH excluding ortho intramolecular Hbond substituents is 1. The molecule has 0 aromatic heterocycles. The number of benzene rings is 2. The molecular formula is C29H29NO8. The van der Waals surface area contributed by atoms with Crippen molar-refractivity contribution in [3.63, 3.8) is 0 Å². The predicted octanol–water partition coefficient (Wildman–Crippen LogP) is 2.75. The molecule has 1 amide bonds. The van der Waals surface area contributed by atoms with Crippen LogP contribution in [0.4, 0.5) is 0 Å². The number of ketones is 2. The van der Waals surface area contributed by atoms with Crippen LogP contribution < -0.4 is 5.73 Å². The normalized spacial score (nSPS) is 28.8. The lowest BCUT2D eigenvalue weighted by atomic mass is 9.55. The molecule has 7 N–H and O–H groups in total. The summed E-state index contributed by atoms with van der Waals surface area (Å²) in [5.41, 5.74) is 4.10. The van der Waals surface area contributed by atoms with Crippen LogP contribution >= 0.6 is 0 Å². The van der Waals surface area contributed by atoms with Gasteiger partial charge >= 0.3 is 0 Å². The summed E-state index contributed by atoms with van der Waals surface area (Å²) in [5, 5.41) is 55.7. The Kier molecular flexibility index (Phi) is 5.77. The fraction of sp³-hybridized carbons (Fsp3) is 0.345. The summed E-state index contributed by atoms with van der Waals surface area (Å²) in [6.45, 7) is 5.86. The Labute approximate surface area is 218 Å². The number of carbonyl (C=O) groups is 3. The minimum absolute atomic E-state index is 0.0257. The lowest BCUT2D eigenvalue weighted by Crippen LogP contribution is -2.63. The molecule has 9 nitrogen and oxygen atoms in total. The van der Waals surface area contributed by atoms with Crippen molar-refractivity contribution in [3.05, 3.63) is 70.0 Å². The zero-order chi connectivity index (χ0) is 27.8. The van der Waals surface area contributed by atoms with Crippen molar-refractivity contribution < 1.29 is 39.9 Å². The van der Waals surface area contributed by atoms with Crippen LogP contribution in [0.2, 0.25) is 0 Å². The average molecular weight is 520 g/mol. The third-order valence-corrected chi connectivity index (χ3v) is 8.37. The molecule has 9 heteroatoms. The Balaban J connectivity index is 1.75. The summed E-state index contributed by atoms with van der Waals surface area (Å²) in [5.74, 6) is -8.51. The van der Waals surface area contributed by atoms with E-state index in [2.05, 4.69) is 13.8 Å². The number of fused-ring (bicyclic) bond motifs is 3. The van der Waals surface area contributed by atoms with E-state index in [1.807, 2.05) is 24.3 Å². The lowest BCUT2D eigenvalue weighted by Gasteiger charge is -2.50. The van der Waals surface area contributed by atoms with Gasteiger partial charge in [0, 0.05) is 23.8 Å². The first-order chi connectivity index (χ1) is 17.8. The Morgan fingerprint density at radius 3 is 2.26 bits per heavy atom. The van der Waals surface area contributed by atoms with Crippen molar-refractivity contribution >= 4 is 23.2 Å². The van der Waals surface area contributed by atoms with Crippen molar-refractivity contribution in [2.45, 2.75) is 50.7 Å². The summed E-state index contributed by atoms with van der Waals surface area (Å²) in [4.78, 5) is 38.2. The summed E-state index contributed by atoms with van der Waals surface area (Å²) < 4.78 is 0. The number of aromatic hydroxyl groups is 1. The van der Waals surface area contributed by atoms with Gasteiger partial charge in [-0.05, 0) is 40.2 Å². The fourth-order valence-corrected chi connectivity index (χ4v) is 6.38. The van der Waals surface area contributed by atoms with Crippen LogP contribution in [0.5, 0.6) is 5.75 Å². The highest BCUT2D eigenvalue weighted by Gasteiger charge is 2.65. The first-order valence-corrected chi connectivity index (χ1v) is 12.4. The van der Waals surface area contributed by atoms with E-state index in [4.69, 9.17) is 5.73 Å². The van der Waals surface area contributed by atoms with Crippen molar-refractivity contribution in [1.82, 2.24) is 0 Å². The van der Waals surface area contributed by atoms with Crippen LogP contribution in [0.1, 0.15) is 55.7 Å². The Morgan fingerprint density at radius 1 is 1.05 bits per heavy atom. The van der Waals surface area contributed by atoms with E-state index in [1.165, 1.54) is 6.07 Å². The van der Waals surface area contributed by atoms with Gasteiger partial charge in [0.15, 0.2) is 11.4 Å². The van der Waals surface area contributed by atoms with Crippen LogP contribution in [0.25, 0.3) is 16.9 Å². The molecule has 1 saturated carbocycles. The number of amides is 1. The van der Waals surface area contributed by atoms with Gasteiger partial charge in [0.2, 0.25) is 5.78 Å². The highest BCUT2D eigenvalue weighted by molar-refractivity contribution is 6.23. The smallest absolute Gasteiger partial charge is 0.255 e. The van der Waals surface area contributed by atoms with Crippen LogP contribution in [0.15, 0.2) is 53.3 Å². The third kappa shape index (κ3) is 3.28. The average Bonchev–Trinajstić information content (AvgIpc) is 2.86. The number of hydrogen-bond donors (Lipinski definition) is 6. The first-order valence-electron chi connectivity index (χ1n) is 12.4. The molecule has 198 valence electrons. The van der Waals surface area contributed by atoms with E-state index in [0.29, 0.717) is 17.0 Å². The van der Waals surface area contributed by atoms with E-state index in [-0.39, 0.29) is 11.3 Å². The molecule has 0 heterocycles. The van der Waals surface area contributed by atoms with Crippen LogP contribution in [0.3, 0.4) is 0 Å². The number of hydrogen-bond acceptors (Lipinski definition) is 8. The predicted molar refractivity (Wildman–Crippen MR) is 137 cm³/mol. The number of primary amides is 1. The number of carbonyl (C=O) groups excluding carboxylic acids is 3. The van der Waals surface area contributed by atoms with Gasteiger partial charge in [0.25, 0.3) is 5.91 Å². The lowest BCUT2D eigenvalue weighted by molar-refractivity contribution is -0.160. The maximum Gasteiger partial charge on any atom is 0.255 e. The second kappa shape index (κ2) is 8.54. The maximum absolute atomic E-state index is 13.8. The molecule has 0 saturated heterocycles. The van der Waals surface area contributed by atoms with Gasteiger partial charge in [0.1, 0.15) is 22.8 Å². The number of aliphatic hydroxyl groups is 4. The van der Waals surface area contributed by atoms with Crippen molar-refractivity contribution in [1.29, 1.82) is 0 Å². The van der Waals surface area contributed by atoms with Crippen molar-refractivity contribution in [3.8, 4) is 16.9 Å². The molecule has 0 radical (unpaired) electrons. The summed E-state index contributed by atoms with van der Waals surface area (Å²) >= 11 is 0.